The fourth-order valence-corrected chi connectivity index (χ4v) is 1.55. The first kappa shape index (κ1) is 13.1. The topological polar surface area (TPSA) is 84.6 Å². The van der Waals surface area contributed by atoms with Crippen LogP contribution in [0, 0.1) is 0 Å². The van der Waals surface area contributed by atoms with Gasteiger partial charge in [-0.2, -0.15) is 0 Å². The van der Waals surface area contributed by atoms with E-state index in [-0.39, 0.29) is 16.8 Å². The van der Waals surface area contributed by atoms with Crippen LogP contribution in [-0.2, 0) is 11.8 Å². The third kappa shape index (κ3) is 2.60. The molecule has 2 unspecified atom stereocenters. The van der Waals surface area contributed by atoms with Crippen LogP contribution < -0.4 is 0 Å². The van der Waals surface area contributed by atoms with E-state index in [4.69, 9.17) is 0 Å². The standard InChI is InChI=1S/C9H13BrN2O4/c1-12-4-5(7(14)6(13)3-10)11-8(12)9(15)16-2/h4,6-7,13-14H,3H2,1-2H3. The zero-order valence-corrected chi connectivity index (χ0v) is 10.5. The van der Waals surface area contributed by atoms with Crippen molar-refractivity contribution in [3.63, 3.8) is 0 Å². The highest BCUT2D eigenvalue weighted by Crippen LogP contribution is 2.17. The molecule has 0 saturated carbocycles. The first-order chi connectivity index (χ1) is 7.51. The van der Waals surface area contributed by atoms with Crippen LogP contribution >= 0.6 is 15.9 Å². The van der Waals surface area contributed by atoms with Gasteiger partial charge in [-0.05, 0) is 0 Å². The van der Waals surface area contributed by atoms with Crippen molar-refractivity contribution in [2.24, 2.45) is 7.05 Å². The second-order valence-corrected chi connectivity index (χ2v) is 3.91. The Hall–Kier alpha value is -0.920. The Balaban J connectivity index is 2.96. The number of ether oxygens (including phenoxy) is 1. The number of aliphatic hydroxyl groups is 2. The number of alkyl halides is 1. The molecule has 1 rings (SSSR count). The zero-order valence-electron chi connectivity index (χ0n) is 8.92. The lowest BCUT2D eigenvalue weighted by Gasteiger charge is -2.12. The molecule has 0 aromatic carbocycles. The number of aliphatic hydroxyl groups excluding tert-OH is 2. The summed E-state index contributed by atoms with van der Waals surface area (Å²) in [6.45, 7) is 0. The summed E-state index contributed by atoms with van der Waals surface area (Å²) in [4.78, 5) is 15.2. The van der Waals surface area contributed by atoms with Gasteiger partial charge in [0.2, 0.25) is 5.82 Å². The van der Waals surface area contributed by atoms with Gasteiger partial charge in [-0.25, -0.2) is 9.78 Å². The lowest BCUT2D eigenvalue weighted by atomic mass is 10.2. The van der Waals surface area contributed by atoms with E-state index in [9.17, 15) is 15.0 Å². The predicted molar refractivity (Wildman–Crippen MR) is 59.3 cm³/mol. The van der Waals surface area contributed by atoms with Crippen LogP contribution in [0.3, 0.4) is 0 Å². The lowest BCUT2D eigenvalue weighted by Crippen LogP contribution is -2.20. The van der Waals surface area contributed by atoms with Crippen LogP contribution in [0.4, 0.5) is 0 Å². The summed E-state index contributed by atoms with van der Waals surface area (Å²) in [5, 5.41) is 19.3. The minimum Gasteiger partial charge on any atom is -0.463 e. The number of carbonyl (C=O) groups is 1. The molecule has 0 radical (unpaired) electrons. The molecule has 0 bridgehead atoms. The number of esters is 1. The van der Waals surface area contributed by atoms with Gasteiger partial charge in [-0.1, -0.05) is 15.9 Å². The summed E-state index contributed by atoms with van der Waals surface area (Å²) >= 11 is 3.04. The third-order valence-electron chi connectivity index (χ3n) is 2.09. The SMILES string of the molecule is COC(=O)c1nc(C(O)C(O)CBr)cn1C. The molecule has 0 aliphatic carbocycles. The maximum Gasteiger partial charge on any atom is 0.374 e. The number of rotatable bonds is 4. The first-order valence-electron chi connectivity index (χ1n) is 4.55. The molecule has 0 spiro atoms. The molecule has 0 saturated heterocycles. The van der Waals surface area contributed by atoms with E-state index in [0.717, 1.165) is 0 Å². The van der Waals surface area contributed by atoms with E-state index in [1.165, 1.54) is 17.9 Å². The molecule has 0 amide bonds. The molecule has 7 heteroatoms. The summed E-state index contributed by atoms with van der Waals surface area (Å²) in [6, 6.07) is 0. The summed E-state index contributed by atoms with van der Waals surface area (Å²) in [5.41, 5.74) is 0.231. The van der Waals surface area contributed by atoms with Crippen molar-refractivity contribution in [2.75, 3.05) is 12.4 Å². The number of hydrogen-bond donors (Lipinski definition) is 2. The molecular formula is C9H13BrN2O4. The molecule has 2 atom stereocenters. The van der Waals surface area contributed by atoms with E-state index in [1.54, 1.807) is 7.05 Å². The summed E-state index contributed by atoms with van der Waals surface area (Å²) in [5.74, 6) is -0.507. The van der Waals surface area contributed by atoms with Crippen LogP contribution in [0.2, 0.25) is 0 Å². The highest BCUT2D eigenvalue weighted by atomic mass is 79.9. The van der Waals surface area contributed by atoms with Gasteiger partial charge >= 0.3 is 5.97 Å². The molecule has 0 fully saturated rings. The molecule has 6 nitrogen and oxygen atoms in total. The van der Waals surface area contributed by atoms with Gasteiger partial charge in [0.1, 0.15) is 6.10 Å². The number of hydrogen-bond acceptors (Lipinski definition) is 5. The van der Waals surface area contributed by atoms with Crippen LogP contribution in [0.5, 0.6) is 0 Å². The highest BCUT2D eigenvalue weighted by Gasteiger charge is 2.23. The second-order valence-electron chi connectivity index (χ2n) is 3.26. The monoisotopic (exact) mass is 292 g/mol. The van der Waals surface area contributed by atoms with Crippen molar-refractivity contribution < 1.29 is 19.7 Å². The lowest BCUT2D eigenvalue weighted by molar-refractivity contribution is 0.0315. The Morgan fingerprint density at radius 2 is 2.31 bits per heavy atom. The van der Waals surface area contributed by atoms with Gasteiger partial charge in [0.25, 0.3) is 0 Å². The number of imidazole rings is 1. The Bertz CT molecular complexity index is 380. The zero-order chi connectivity index (χ0) is 12.3. The number of halogens is 1. The maximum atomic E-state index is 11.3. The predicted octanol–water partition coefficient (Wildman–Crippen LogP) is -0.00410. The average molecular weight is 293 g/mol. The van der Waals surface area contributed by atoms with Gasteiger partial charge in [-0.15, -0.1) is 0 Å². The highest BCUT2D eigenvalue weighted by molar-refractivity contribution is 9.09. The van der Waals surface area contributed by atoms with Crippen molar-refractivity contribution in [1.82, 2.24) is 9.55 Å². The van der Waals surface area contributed by atoms with Crippen molar-refractivity contribution in [1.29, 1.82) is 0 Å². The average Bonchev–Trinajstić information content (AvgIpc) is 2.68. The summed E-state index contributed by atoms with van der Waals surface area (Å²) in [6.07, 6.45) is -0.632. The molecule has 1 aromatic heterocycles. The number of nitrogens with zero attached hydrogens (tertiary/aromatic N) is 2. The van der Waals surface area contributed by atoms with E-state index in [1.807, 2.05) is 0 Å². The van der Waals surface area contributed by atoms with E-state index < -0.39 is 18.2 Å². The summed E-state index contributed by atoms with van der Waals surface area (Å²) < 4.78 is 5.96. The fraction of sp³-hybridized carbons (Fsp3) is 0.556. The number of carbonyl (C=O) groups excluding carboxylic acids is 1. The van der Waals surface area contributed by atoms with Crippen LogP contribution in [0.15, 0.2) is 6.20 Å². The van der Waals surface area contributed by atoms with Gasteiger partial charge < -0.3 is 19.5 Å². The molecule has 90 valence electrons. The molecule has 0 aliphatic rings. The van der Waals surface area contributed by atoms with Gasteiger partial charge in [0.15, 0.2) is 0 Å². The van der Waals surface area contributed by atoms with E-state index in [2.05, 4.69) is 25.7 Å². The Labute approximate surface area is 101 Å². The Morgan fingerprint density at radius 3 is 2.81 bits per heavy atom. The number of aryl methyl sites for hydroxylation is 1. The molecule has 16 heavy (non-hydrogen) atoms. The van der Waals surface area contributed by atoms with Gasteiger partial charge in [0.05, 0.1) is 18.9 Å². The summed E-state index contributed by atoms with van der Waals surface area (Å²) in [7, 11) is 2.86. The Kier molecular flexibility index (Phi) is 4.45. The molecule has 1 aromatic rings. The van der Waals surface area contributed by atoms with Crippen molar-refractivity contribution in [2.45, 2.75) is 12.2 Å². The number of methoxy groups -OCH3 is 1. The van der Waals surface area contributed by atoms with Crippen LogP contribution in [0.1, 0.15) is 22.4 Å². The van der Waals surface area contributed by atoms with Crippen LogP contribution in [-0.4, -0.2) is 44.3 Å². The molecule has 2 N–H and O–H groups in total. The van der Waals surface area contributed by atoms with Crippen molar-refractivity contribution in [3.8, 4) is 0 Å². The van der Waals surface area contributed by atoms with Crippen molar-refractivity contribution >= 4 is 21.9 Å². The first-order valence-corrected chi connectivity index (χ1v) is 5.67. The fourth-order valence-electron chi connectivity index (χ4n) is 1.19. The van der Waals surface area contributed by atoms with E-state index in [0.29, 0.717) is 0 Å². The van der Waals surface area contributed by atoms with Gasteiger partial charge in [0, 0.05) is 18.6 Å². The minimum atomic E-state index is -1.14. The maximum absolute atomic E-state index is 11.3. The van der Waals surface area contributed by atoms with Gasteiger partial charge in [-0.3, -0.25) is 0 Å². The molecule has 1 heterocycles. The normalized spacial score (nSPS) is 14.6. The Morgan fingerprint density at radius 1 is 1.69 bits per heavy atom. The quantitative estimate of drug-likeness (QED) is 0.603. The molecule has 0 aliphatic heterocycles. The molecular weight excluding hydrogens is 280 g/mol. The van der Waals surface area contributed by atoms with E-state index >= 15 is 0 Å². The number of aromatic nitrogens is 2. The van der Waals surface area contributed by atoms with Crippen LogP contribution in [0.25, 0.3) is 0 Å². The smallest absolute Gasteiger partial charge is 0.374 e. The van der Waals surface area contributed by atoms with Crippen molar-refractivity contribution in [3.05, 3.63) is 17.7 Å². The largest absolute Gasteiger partial charge is 0.463 e. The third-order valence-corrected chi connectivity index (χ3v) is 2.75. The second kappa shape index (κ2) is 5.42. The minimum absolute atomic E-state index is 0.0818.